The molecule has 3 aromatic rings. The Kier molecular flexibility index (Phi) is 3.42. The Morgan fingerprint density at radius 1 is 0.950 bits per heavy atom. The van der Waals surface area contributed by atoms with Gasteiger partial charge in [0.1, 0.15) is 5.82 Å². The molecule has 0 bridgehead atoms. The Morgan fingerprint density at radius 3 is 2.35 bits per heavy atom. The van der Waals surface area contributed by atoms with Gasteiger partial charge in [-0.25, -0.2) is 9.07 Å². The predicted octanol–water partition coefficient (Wildman–Crippen LogP) is 4.38. The zero-order chi connectivity index (χ0) is 14.1. The van der Waals surface area contributed by atoms with Crippen LogP contribution in [0.25, 0.3) is 17.1 Å². The molecule has 6 heteroatoms. The Hall–Kier alpha value is -1.91. The average molecular weight is 308 g/mol. The lowest BCUT2D eigenvalue weighted by atomic mass is 10.2. The van der Waals surface area contributed by atoms with Gasteiger partial charge in [0.15, 0.2) is 5.82 Å². The summed E-state index contributed by atoms with van der Waals surface area (Å²) in [6.07, 6.45) is 0. The molecule has 0 atom stereocenters. The summed E-state index contributed by atoms with van der Waals surface area (Å²) in [7, 11) is 0. The van der Waals surface area contributed by atoms with E-state index in [0.29, 0.717) is 22.1 Å². The fourth-order valence-corrected chi connectivity index (χ4v) is 2.24. The van der Waals surface area contributed by atoms with E-state index in [4.69, 9.17) is 23.2 Å². The fourth-order valence-electron chi connectivity index (χ4n) is 1.87. The van der Waals surface area contributed by atoms with Crippen molar-refractivity contribution in [3.63, 3.8) is 0 Å². The zero-order valence-corrected chi connectivity index (χ0v) is 11.6. The van der Waals surface area contributed by atoms with E-state index >= 15 is 0 Å². The maximum absolute atomic E-state index is 13.0. The lowest BCUT2D eigenvalue weighted by molar-refractivity contribution is 0.627. The van der Waals surface area contributed by atoms with Crippen LogP contribution in [0.15, 0.2) is 48.5 Å². The maximum Gasteiger partial charge on any atom is 0.243 e. The molecule has 0 amide bonds. The Bertz CT molecular complexity index is 753. The van der Waals surface area contributed by atoms with Gasteiger partial charge in [-0.2, -0.15) is 4.98 Å². The number of hydrogen-bond acceptors (Lipinski definition) is 2. The summed E-state index contributed by atoms with van der Waals surface area (Å²) < 4.78 is 14.5. The van der Waals surface area contributed by atoms with E-state index < -0.39 is 0 Å². The number of nitrogens with zero attached hydrogens (tertiary/aromatic N) is 3. The predicted molar refractivity (Wildman–Crippen MR) is 76.8 cm³/mol. The minimum Gasteiger partial charge on any atom is -0.212 e. The minimum absolute atomic E-state index is 0.101. The monoisotopic (exact) mass is 307 g/mol. The van der Waals surface area contributed by atoms with Crippen molar-refractivity contribution in [1.29, 1.82) is 0 Å². The SMILES string of the molecule is Fc1ccc(-n2nc(Cl)nc2-c2ccccc2Cl)cc1. The second-order valence-electron chi connectivity index (χ2n) is 4.07. The summed E-state index contributed by atoms with van der Waals surface area (Å²) in [5.41, 5.74) is 1.36. The van der Waals surface area contributed by atoms with Gasteiger partial charge in [-0.05, 0) is 48.0 Å². The van der Waals surface area contributed by atoms with E-state index in [1.54, 1.807) is 18.2 Å². The molecule has 0 spiro atoms. The van der Waals surface area contributed by atoms with Crippen molar-refractivity contribution in [3.05, 3.63) is 64.7 Å². The van der Waals surface area contributed by atoms with E-state index in [0.717, 1.165) is 0 Å². The van der Waals surface area contributed by atoms with Crippen molar-refractivity contribution < 1.29 is 4.39 Å². The average Bonchev–Trinajstić information content (AvgIpc) is 2.82. The molecule has 0 aliphatic heterocycles. The van der Waals surface area contributed by atoms with Crippen molar-refractivity contribution in [2.24, 2.45) is 0 Å². The molecule has 0 saturated carbocycles. The molecule has 0 saturated heterocycles. The highest BCUT2D eigenvalue weighted by molar-refractivity contribution is 6.33. The molecule has 100 valence electrons. The van der Waals surface area contributed by atoms with Gasteiger partial charge in [-0.1, -0.05) is 23.7 Å². The smallest absolute Gasteiger partial charge is 0.212 e. The fraction of sp³-hybridized carbons (Fsp3) is 0. The summed E-state index contributed by atoms with van der Waals surface area (Å²) in [6.45, 7) is 0. The van der Waals surface area contributed by atoms with Crippen LogP contribution in [-0.4, -0.2) is 14.8 Å². The first-order chi connectivity index (χ1) is 9.65. The lowest BCUT2D eigenvalue weighted by Gasteiger charge is -2.07. The van der Waals surface area contributed by atoms with Gasteiger partial charge >= 0.3 is 0 Å². The summed E-state index contributed by atoms with van der Waals surface area (Å²) in [5.74, 6) is 0.187. The highest BCUT2D eigenvalue weighted by atomic mass is 35.5. The summed E-state index contributed by atoms with van der Waals surface area (Å²) >= 11 is 12.1. The Labute approximate surface area is 124 Å². The standard InChI is InChI=1S/C14H8Cl2FN3/c15-12-4-2-1-3-11(12)13-18-14(16)19-20(13)10-7-5-9(17)6-8-10/h1-8H. The zero-order valence-electron chi connectivity index (χ0n) is 10.1. The topological polar surface area (TPSA) is 30.7 Å². The van der Waals surface area contributed by atoms with Crippen LogP contribution in [0, 0.1) is 5.82 Å². The van der Waals surface area contributed by atoms with Crippen LogP contribution in [0.5, 0.6) is 0 Å². The molecule has 20 heavy (non-hydrogen) atoms. The first-order valence-corrected chi connectivity index (χ1v) is 6.54. The van der Waals surface area contributed by atoms with Gasteiger partial charge in [-0.15, -0.1) is 5.10 Å². The summed E-state index contributed by atoms with van der Waals surface area (Å²) in [4.78, 5) is 4.18. The largest absolute Gasteiger partial charge is 0.243 e. The molecule has 3 nitrogen and oxygen atoms in total. The van der Waals surface area contributed by atoms with Crippen LogP contribution in [0.1, 0.15) is 0 Å². The van der Waals surface area contributed by atoms with Crippen LogP contribution >= 0.6 is 23.2 Å². The molecular weight excluding hydrogens is 300 g/mol. The summed E-state index contributed by atoms with van der Waals surface area (Å²) in [5, 5.41) is 4.76. The quantitative estimate of drug-likeness (QED) is 0.703. The Balaban J connectivity index is 2.18. The second kappa shape index (κ2) is 5.23. The van der Waals surface area contributed by atoms with Gasteiger partial charge in [0, 0.05) is 5.56 Å². The van der Waals surface area contributed by atoms with Crippen LogP contribution in [-0.2, 0) is 0 Å². The van der Waals surface area contributed by atoms with Gasteiger partial charge in [0.05, 0.1) is 10.7 Å². The number of hydrogen-bond donors (Lipinski definition) is 0. The normalized spacial score (nSPS) is 10.8. The van der Waals surface area contributed by atoms with E-state index in [9.17, 15) is 4.39 Å². The number of aromatic nitrogens is 3. The molecule has 0 N–H and O–H groups in total. The van der Waals surface area contributed by atoms with Crippen molar-refractivity contribution in [3.8, 4) is 17.1 Å². The Morgan fingerprint density at radius 2 is 1.65 bits per heavy atom. The molecule has 0 unspecified atom stereocenters. The number of halogens is 3. The van der Waals surface area contributed by atoms with Gasteiger partial charge < -0.3 is 0 Å². The van der Waals surface area contributed by atoms with Gasteiger partial charge in [0.2, 0.25) is 5.28 Å². The molecule has 0 aliphatic rings. The molecule has 3 rings (SSSR count). The first kappa shape index (κ1) is 13.1. The van der Waals surface area contributed by atoms with Gasteiger partial charge in [0.25, 0.3) is 0 Å². The molecule has 0 aliphatic carbocycles. The third kappa shape index (κ3) is 2.40. The number of benzene rings is 2. The van der Waals surface area contributed by atoms with Crippen LogP contribution in [0.3, 0.4) is 0 Å². The van der Waals surface area contributed by atoms with Gasteiger partial charge in [-0.3, -0.25) is 0 Å². The third-order valence-corrected chi connectivity index (χ3v) is 3.26. The van der Waals surface area contributed by atoms with Crippen LogP contribution in [0.2, 0.25) is 10.3 Å². The first-order valence-electron chi connectivity index (χ1n) is 5.78. The van der Waals surface area contributed by atoms with Crippen molar-refractivity contribution in [2.45, 2.75) is 0 Å². The van der Waals surface area contributed by atoms with E-state index in [2.05, 4.69) is 10.1 Å². The molecule has 1 heterocycles. The molecule has 2 aromatic carbocycles. The van der Waals surface area contributed by atoms with Crippen molar-refractivity contribution >= 4 is 23.2 Å². The molecular formula is C14H8Cl2FN3. The highest BCUT2D eigenvalue weighted by Crippen LogP contribution is 2.28. The maximum atomic E-state index is 13.0. The molecule has 0 fully saturated rings. The lowest BCUT2D eigenvalue weighted by Crippen LogP contribution is -2.00. The van der Waals surface area contributed by atoms with Crippen molar-refractivity contribution in [1.82, 2.24) is 14.8 Å². The van der Waals surface area contributed by atoms with Crippen LogP contribution in [0.4, 0.5) is 4.39 Å². The van der Waals surface area contributed by atoms with E-state index in [1.165, 1.54) is 16.8 Å². The highest BCUT2D eigenvalue weighted by Gasteiger charge is 2.14. The molecule has 0 radical (unpaired) electrons. The number of rotatable bonds is 2. The molecule has 1 aromatic heterocycles. The second-order valence-corrected chi connectivity index (χ2v) is 4.82. The van der Waals surface area contributed by atoms with E-state index in [1.807, 2.05) is 18.2 Å². The summed E-state index contributed by atoms with van der Waals surface area (Å²) in [6, 6.07) is 13.1. The van der Waals surface area contributed by atoms with Crippen molar-refractivity contribution in [2.75, 3.05) is 0 Å². The van der Waals surface area contributed by atoms with E-state index in [-0.39, 0.29) is 11.1 Å². The minimum atomic E-state index is -0.320. The van der Waals surface area contributed by atoms with Crippen LogP contribution < -0.4 is 0 Å². The third-order valence-electron chi connectivity index (χ3n) is 2.77.